The van der Waals surface area contributed by atoms with E-state index in [9.17, 15) is 0 Å². The third-order valence-corrected chi connectivity index (χ3v) is 5.14. The Morgan fingerprint density at radius 3 is 2.12 bits per heavy atom. The molecule has 0 heterocycles. The Balaban J connectivity index is 2.72. The van der Waals surface area contributed by atoms with E-state index >= 15 is 0 Å². The van der Waals surface area contributed by atoms with Crippen molar-refractivity contribution in [3.63, 3.8) is 0 Å². The first-order valence-electron chi connectivity index (χ1n) is 3.56. The Morgan fingerprint density at radius 2 is 1.75 bits per heavy atom. The van der Waals surface area contributed by atoms with Gasteiger partial charge in [-0.1, -0.05) is 0 Å². The van der Waals surface area contributed by atoms with Crippen LogP contribution in [0.2, 0.25) is 14.3 Å². The topological polar surface area (TPSA) is 0 Å². The summed E-state index contributed by atoms with van der Waals surface area (Å²) in [6, 6.07) is 0. The molecule has 0 unspecified atom stereocenters. The Labute approximate surface area is 60.4 Å². The van der Waals surface area contributed by atoms with Gasteiger partial charge in [-0.2, -0.15) is 0 Å². The first-order valence-corrected chi connectivity index (χ1v) is 11.3. The van der Waals surface area contributed by atoms with Crippen LogP contribution < -0.4 is 0 Å². The van der Waals surface area contributed by atoms with Gasteiger partial charge in [0.25, 0.3) is 0 Å². The van der Waals surface area contributed by atoms with Crippen molar-refractivity contribution in [2.24, 2.45) is 0 Å². The Bertz CT molecular complexity index is 41.7. The van der Waals surface area contributed by atoms with E-state index in [0.29, 0.717) is 0 Å². The van der Waals surface area contributed by atoms with E-state index in [2.05, 4.69) is 16.8 Å². The third kappa shape index (κ3) is 6.80. The molecule has 0 atom stereocenters. The number of hydrogen-bond donors (Lipinski definition) is 0. The van der Waals surface area contributed by atoms with E-state index in [1.807, 2.05) is 0 Å². The van der Waals surface area contributed by atoms with E-state index in [0.717, 1.165) is 0 Å². The molecular formula is C7H17Sn. The van der Waals surface area contributed by atoms with E-state index in [1.54, 1.807) is 4.44 Å². The van der Waals surface area contributed by atoms with E-state index in [-0.39, 0.29) is 0 Å². The zero-order chi connectivity index (χ0) is 6.41. The standard InChI is InChI=1S/C5H11.2CH3.Sn/c1-3-5-4-2;;;/h1,3-5H2,2H3;2*1H3;. The molecule has 1 heteroatoms. The van der Waals surface area contributed by atoms with Crippen molar-refractivity contribution in [2.45, 2.75) is 40.5 Å². The summed E-state index contributed by atoms with van der Waals surface area (Å²) in [5.74, 6) is 0. The second kappa shape index (κ2) is 5.93. The summed E-state index contributed by atoms with van der Waals surface area (Å²) >= 11 is -0.662. The van der Waals surface area contributed by atoms with Gasteiger partial charge in [-0.15, -0.1) is 0 Å². The van der Waals surface area contributed by atoms with Gasteiger partial charge in [-0.25, -0.2) is 0 Å². The van der Waals surface area contributed by atoms with Crippen LogP contribution in [0.15, 0.2) is 0 Å². The average Bonchev–Trinajstić information content (AvgIpc) is 1.66. The van der Waals surface area contributed by atoms with Crippen molar-refractivity contribution in [1.82, 2.24) is 0 Å². The predicted octanol–water partition coefficient (Wildman–Crippen LogP) is 2.93. The normalized spacial score (nSPS) is 10.5. The summed E-state index contributed by atoms with van der Waals surface area (Å²) in [5.41, 5.74) is 0. The van der Waals surface area contributed by atoms with Crippen molar-refractivity contribution in [3.8, 4) is 0 Å². The SMILES string of the molecule is CCCC[CH2][Sn]([CH3])[CH3]. The number of unbranched alkanes of at least 4 members (excludes halogenated alkanes) is 2. The van der Waals surface area contributed by atoms with Gasteiger partial charge >= 0.3 is 60.3 Å². The summed E-state index contributed by atoms with van der Waals surface area (Å²) in [5, 5.41) is 0. The van der Waals surface area contributed by atoms with Crippen molar-refractivity contribution >= 4 is 19.8 Å². The first-order chi connectivity index (χ1) is 3.77. The van der Waals surface area contributed by atoms with Crippen molar-refractivity contribution in [3.05, 3.63) is 0 Å². The Kier molecular flexibility index (Phi) is 6.52. The van der Waals surface area contributed by atoms with Crippen LogP contribution >= 0.6 is 0 Å². The molecule has 0 aliphatic heterocycles. The maximum absolute atomic E-state index is 2.48. The molecule has 0 aromatic carbocycles. The average molecular weight is 220 g/mol. The molecule has 0 saturated carbocycles. The van der Waals surface area contributed by atoms with Crippen LogP contribution in [0.3, 0.4) is 0 Å². The van der Waals surface area contributed by atoms with E-state index in [1.165, 1.54) is 19.3 Å². The molecular weight excluding hydrogens is 203 g/mol. The maximum atomic E-state index is 2.48. The predicted molar refractivity (Wildman–Crippen MR) is 41.8 cm³/mol. The molecule has 0 bridgehead atoms. The Morgan fingerprint density at radius 1 is 1.12 bits per heavy atom. The van der Waals surface area contributed by atoms with Crippen LogP contribution in [0, 0.1) is 0 Å². The molecule has 0 aromatic rings. The summed E-state index contributed by atoms with van der Waals surface area (Å²) in [6.45, 7) is 2.27. The van der Waals surface area contributed by atoms with Gasteiger partial charge < -0.3 is 0 Å². The second-order valence-electron chi connectivity index (χ2n) is 2.66. The molecule has 1 radical (unpaired) electrons. The summed E-state index contributed by atoms with van der Waals surface area (Å²) in [4.78, 5) is 4.97. The molecule has 49 valence electrons. The first kappa shape index (κ1) is 8.80. The molecule has 0 aromatic heterocycles. The van der Waals surface area contributed by atoms with Crippen LogP contribution in [0.4, 0.5) is 0 Å². The van der Waals surface area contributed by atoms with Crippen molar-refractivity contribution < 1.29 is 0 Å². The zero-order valence-electron chi connectivity index (χ0n) is 6.33. The second-order valence-corrected chi connectivity index (χ2v) is 11.0. The fourth-order valence-electron chi connectivity index (χ4n) is 0.729. The molecule has 0 amide bonds. The van der Waals surface area contributed by atoms with Crippen LogP contribution in [0.25, 0.3) is 0 Å². The minimum atomic E-state index is -0.662. The van der Waals surface area contributed by atoms with Gasteiger partial charge in [0.1, 0.15) is 0 Å². The van der Waals surface area contributed by atoms with E-state index in [4.69, 9.17) is 0 Å². The number of rotatable bonds is 4. The van der Waals surface area contributed by atoms with Gasteiger partial charge in [0.15, 0.2) is 0 Å². The molecule has 8 heavy (non-hydrogen) atoms. The molecule has 0 saturated heterocycles. The molecule has 0 aliphatic rings. The van der Waals surface area contributed by atoms with Gasteiger partial charge in [0.05, 0.1) is 0 Å². The quantitative estimate of drug-likeness (QED) is 0.504. The minimum absolute atomic E-state index is 0.662. The van der Waals surface area contributed by atoms with Gasteiger partial charge in [-0.3, -0.25) is 0 Å². The van der Waals surface area contributed by atoms with Crippen molar-refractivity contribution in [1.29, 1.82) is 0 Å². The number of hydrogen-bond acceptors (Lipinski definition) is 0. The summed E-state index contributed by atoms with van der Waals surface area (Å²) in [7, 11) is 0. The van der Waals surface area contributed by atoms with Crippen LogP contribution in [-0.2, 0) is 0 Å². The molecule has 0 spiro atoms. The zero-order valence-corrected chi connectivity index (χ0v) is 9.18. The fourth-order valence-corrected chi connectivity index (χ4v) is 3.46. The van der Waals surface area contributed by atoms with E-state index < -0.39 is 19.8 Å². The van der Waals surface area contributed by atoms with Crippen LogP contribution in [0.5, 0.6) is 0 Å². The molecule has 0 N–H and O–H groups in total. The van der Waals surface area contributed by atoms with Crippen LogP contribution in [-0.4, -0.2) is 19.8 Å². The van der Waals surface area contributed by atoms with Gasteiger partial charge in [0, 0.05) is 0 Å². The van der Waals surface area contributed by atoms with Gasteiger partial charge in [0.2, 0.25) is 0 Å². The summed E-state index contributed by atoms with van der Waals surface area (Å²) in [6.07, 6.45) is 4.36. The van der Waals surface area contributed by atoms with Crippen LogP contribution in [0.1, 0.15) is 26.2 Å². The molecule has 0 fully saturated rings. The third-order valence-electron chi connectivity index (χ3n) is 1.28. The van der Waals surface area contributed by atoms with Crippen molar-refractivity contribution in [2.75, 3.05) is 0 Å². The monoisotopic (exact) mass is 221 g/mol. The van der Waals surface area contributed by atoms with Gasteiger partial charge in [-0.05, 0) is 0 Å². The summed E-state index contributed by atoms with van der Waals surface area (Å²) < 4.78 is 1.61. The molecule has 0 aliphatic carbocycles. The Hall–Kier alpha value is 0.799. The molecule has 0 nitrogen and oxygen atoms in total. The fraction of sp³-hybridized carbons (Fsp3) is 1.00. The molecule has 0 rings (SSSR count).